The molecule has 2 rings (SSSR count). The van der Waals surface area contributed by atoms with Crippen molar-refractivity contribution < 1.29 is 0 Å². The van der Waals surface area contributed by atoms with Crippen LogP contribution in [0.5, 0.6) is 0 Å². The maximum atomic E-state index is 5.54. The molecule has 1 heterocycles. The fourth-order valence-electron chi connectivity index (χ4n) is 1.63. The van der Waals surface area contributed by atoms with Crippen LogP contribution >= 0.6 is 15.9 Å². The molecule has 0 atom stereocenters. The molecule has 0 unspecified atom stereocenters. The van der Waals surface area contributed by atoms with Crippen molar-refractivity contribution in [2.24, 2.45) is 5.84 Å². The van der Waals surface area contributed by atoms with Gasteiger partial charge < -0.3 is 5.43 Å². The van der Waals surface area contributed by atoms with E-state index in [1.807, 2.05) is 24.3 Å². The lowest BCUT2D eigenvalue weighted by atomic mass is 10.1. The van der Waals surface area contributed by atoms with E-state index in [1.54, 1.807) is 0 Å². The molecule has 0 spiro atoms. The molecule has 4 heteroatoms. The third-order valence-corrected chi connectivity index (χ3v) is 3.03. The summed E-state index contributed by atoms with van der Waals surface area (Å²) in [6, 6.07) is 7.99. The van der Waals surface area contributed by atoms with E-state index < -0.39 is 0 Å². The number of benzene rings is 1. The van der Waals surface area contributed by atoms with Gasteiger partial charge >= 0.3 is 0 Å². The number of hydrogen-bond acceptors (Lipinski definition) is 3. The lowest BCUT2D eigenvalue weighted by Gasteiger charge is -2.11. The Bertz CT molecular complexity index is 523. The SMILES string of the molecule is CC(C)c1cc(NN)c2cc(Br)ccc2n1. The maximum absolute atomic E-state index is 5.54. The monoisotopic (exact) mass is 279 g/mol. The van der Waals surface area contributed by atoms with Gasteiger partial charge in [-0.3, -0.25) is 10.8 Å². The van der Waals surface area contributed by atoms with E-state index in [2.05, 4.69) is 40.2 Å². The number of pyridine rings is 1. The average Bonchev–Trinajstić information content (AvgIpc) is 2.27. The van der Waals surface area contributed by atoms with Gasteiger partial charge in [0.05, 0.1) is 11.2 Å². The molecule has 0 saturated heterocycles. The van der Waals surface area contributed by atoms with Crippen molar-refractivity contribution in [3.8, 4) is 0 Å². The summed E-state index contributed by atoms with van der Waals surface area (Å²) in [6.45, 7) is 4.24. The second kappa shape index (κ2) is 4.39. The molecule has 0 amide bonds. The Morgan fingerprint density at radius 2 is 2.06 bits per heavy atom. The topological polar surface area (TPSA) is 50.9 Å². The first-order valence-corrected chi connectivity index (χ1v) is 5.98. The minimum Gasteiger partial charge on any atom is -0.323 e. The van der Waals surface area contributed by atoms with E-state index in [9.17, 15) is 0 Å². The highest BCUT2D eigenvalue weighted by molar-refractivity contribution is 9.10. The molecule has 3 N–H and O–H groups in total. The number of hydrazine groups is 1. The van der Waals surface area contributed by atoms with E-state index in [0.29, 0.717) is 5.92 Å². The molecule has 3 nitrogen and oxygen atoms in total. The summed E-state index contributed by atoms with van der Waals surface area (Å²) < 4.78 is 1.02. The van der Waals surface area contributed by atoms with Crippen LogP contribution in [0.3, 0.4) is 0 Å². The Labute approximate surface area is 103 Å². The van der Waals surface area contributed by atoms with Crippen molar-refractivity contribution in [1.82, 2.24) is 4.98 Å². The van der Waals surface area contributed by atoms with Gasteiger partial charge in [0.2, 0.25) is 0 Å². The van der Waals surface area contributed by atoms with Crippen LogP contribution in [0.1, 0.15) is 25.5 Å². The standard InChI is InChI=1S/C12H14BrN3/c1-7(2)11-6-12(16-14)9-5-8(13)3-4-10(9)15-11/h3-7H,14H2,1-2H3,(H,15,16). The molecule has 0 aliphatic rings. The summed E-state index contributed by atoms with van der Waals surface area (Å²) in [6.07, 6.45) is 0. The van der Waals surface area contributed by atoms with E-state index in [1.165, 1.54) is 0 Å². The Kier molecular flexibility index (Phi) is 3.12. The molecule has 0 aliphatic carbocycles. The van der Waals surface area contributed by atoms with Crippen LogP contribution in [0.2, 0.25) is 0 Å². The van der Waals surface area contributed by atoms with Crippen molar-refractivity contribution in [1.29, 1.82) is 0 Å². The Balaban J connectivity index is 2.73. The quantitative estimate of drug-likeness (QED) is 0.654. The number of anilines is 1. The number of nitrogens with zero attached hydrogens (tertiary/aromatic N) is 1. The first-order valence-electron chi connectivity index (χ1n) is 5.18. The summed E-state index contributed by atoms with van der Waals surface area (Å²) in [4.78, 5) is 4.61. The molecule has 0 saturated carbocycles. The van der Waals surface area contributed by atoms with Crippen molar-refractivity contribution in [2.75, 3.05) is 5.43 Å². The molecule has 1 aromatic heterocycles. The Morgan fingerprint density at radius 3 is 2.69 bits per heavy atom. The van der Waals surface area contributed by atoms with Crippen LogP contribution in [0.15, 0.2) is 28.7 Å². The van der Waals surface area contributed by atoms with Gasteiger partial charge in [0, 0.05) is 15.6 Å². The van der Waals surface area contributed by atoms with Crippen molar-refractivity contribution in [3.63, 3.8) is 0 Å². The molecular formula is C12H14BrN3. The molecular weight excluding hydrogens is 266 g/mol. The molecule has 84 valence electrons. The molecule has 0 fully saturated rings. The Hall–Kier alpha value is -1.13. The zero-order chi connectivity index (χ0) is 11.7. The largest absolute Gasteiger partial charge is 0.323 e. The third-order valence-electron chi connectivity index (χ3n) is 2.54. The summed E-state index contributed by atoms with van der Waals surface area (Å²) in [5, 5.41) is 1.03. The van der Waals surface area contributed by atoms with E-state index in [4.69, 9.17) is 5.84 Å². The van der Waals surface area contributed by atoms with Gasteiger partial charge in [0.15, 0.2) is 0 Å². The molecule has 1 aromatic carbocycles. The summed E-state index contributed by atoms with van der Waals surface area (Å²) in [5.74, 6) is 5.93. The highest BCUT2D eigenvalue weighted by Crippen LogP contribution is 2.28. The summed E-state index contributed by atoms with van der Waals surface area (Å²) in [5.41, 5.74) is 5.65. The summed E-state index contributed by atoms with van der Waals surface area (Å²) >= 11 is 3.45. The molecule has 0 bridgehead atoms. The summed E-state index contributed by atoms with van der Waals surface area (Å²) in [7, 11) is 0. The number of aromatic nitrogens is 1. The predicted molar refractivity (Wildman–Crippen MR) is 71.3 cm³/mol. The number of fused-ring (bicyclic) bond motifs is 1. The zero-order valence-corrected chi connectivity index (χ0v) is 10.9. The fraction of sp³-hybridized carbons (Fsp3) is 0.250. The normalized spacial score (nSPS) is 11.1. The van der Waals surface area contributed by atoms with Crippen LogP contribution in [0.4, 0.5) is 5.69 Å². The number of rotatable bonds is 2. The molecule has 0 radical (unpaired) electrons. The van der Waals surface area contributed by atoms with E-state index in [-0.39, 0.29) is 0 Å². The van der Waals surface area contributed by atoms with E-state index in [0.717, 1.165) is 26.8 Å². The highest BCUT2D eigenvalue weighted by atomic mass is 79.9. The molecule has 2 aromatic rings. The highest BCUT2D eigenvalue weighted by Gasteiger charge is 2.07. The lowest BCUT2D eigenvalue weighted by Crippen LogP contribution is -2.08. The van der Waals surface area contributed by atoms with Crippen LogP contribution < -0.4 is 11.3 Å². The van der Waals surface area contributed by atoms with Crippen molar-refractivity contribution >= 4 is 32.5 Å². The van der Waals surface area contributed by atoms with Crippen LogP contribution in [0, 0.1) is 0 Å². The van der Waals surface area contributed by atoms with Crippen molar-refractivity contribution in [3.05, 3.63) is 34.4 Å². The Morgan fingerprint density at radius 1 is 1.31 bits per heavy atom. The molecule has 0 aliphatic heterocycles. The van der Waals surface area contributed by atoms with Gasteiger partial charge in [-0.15, -0.1) is 0 Å². The maximum Gasteiger partial charge on any atom is 0.0727 e. The smallest absolute Gasteiger partial charge is 0.0727 e. The van der Waals surface area contributed by atoms with Gasteiger partial charge in [-0.1, -0.05) is 29.8 Å². The second-order valence-corrected chi connectivity index (χ2v) is 4.97. The fourth-order valence-corrected chi connectivity index (χ4v) is 1.99. The molecule has 16 heavy (non-hydrogen) atoms. The van der Waals surface area contributed by atoms with Crippen LogP contribution in [-0.2, 0) is 0 Å². The van der Waals surface area contributed by atoms with Crippen LogP contribution in [-0.4, -0.2) is 4.98 Å². The number of nitrogens with two attached hydrogens (primary N) is 1. The number of hydrogen-bond donors (Lipinski definition) is 2. The predicted octanol–water partition coefficient (Wildman–Crippen LogP) is 3.41. The number of nitrogen functional groups attached to an aromatic ring is 1. The second-order valence-electron chi connectivity index (χ2n) is 4.06. The number of nitrogens with one attached hydrogen (secondary N) is 1. The van der Waals surface area contributed by atoms with Gasteiger partial charge in [-0.05, 0) is 30.2 Å². The lowest BCUT2D eigenvalue weighted by molar-refractivity contribution is 0.830. The minimum atomic E-state index is 0.389. The van der Waals surface area contributed by atoms with Gasteiger partial charge in [0.25, 0.3) is 0 Å². The average molecular weight is 280 g/mol. The minimum absolute atomic E-state index is 0.389. The van der Waals surface area contributed by atoms with Crippen LogP contribution in [0.25, 0.3) is 10.9 Å². The van der Waals surface area contributed by atoms with Gasteiger partial charge in [-0.25, -0.2) is 0 Å². The first-order chi connectivity index (χ1) is 7.61. The van der Waals surface area contributed by atoms with Gasteiger partial charge in [0.1, 0.15) is 0 Å². The third kappa shape index (κ3) is 2.03. The number of halogens is 1. The van der Waals surface area contributed by atoms with Gasteiger partial charge in [-0.2, -0.15) is 0 Å². The van der Waals surface area contributed by atoms with Crippen molar-refractivity contribution in [2.45, 2.75) is 19.8 Å². The zero-order valence-electron chi connectivity index (χ0n) is 9.29. The first kappa shape index (κ1) is 11.4. The van der Waals surface area contributed by atoms with E-state index >= 15 is 0 Å².